The van der Waals surface area contributed by atoms with Crippen LogP contribution in [0.2, 0.25) is 0 Å². The standard InChI is InChI=1S/C16H14F3N3O4/c1-9-8-20-21(14(9)16(17,18)19)12-6-13(7-12)26-15(23)10-2-4-11(5-3-10)22(24)25/h2-5,8,12-13H,6-7H2,1H3. The lowest BCUT2D eigenvalue weighted by Crippen LogP contribution is -2.37. The van der Waals surface area contributed by atoms with Gasteiger partial charge in [-0.1, -0.05) is 0 Å². The third-order valence-corrected chi connectivity index (χ3v) is 4.25. The molecule has 0 amide bonds. The predicted molar refractivity (Wildman–Crippen MR) is 82.5 cm³/mol. The van der Waals surface area contributed by atoms with Crippen molar-refractivity contribution in [1.29, 1.82) is 0 Å². The maximum Gasteiger partial charge on any atom is 0.433 e. The molecule has 0 unspecified atom stereocenters. The fourth-order valence-corrected chi connectivity index (χ4v) is 2.85. The molecule has 0 spiro atoms. The summed E-state index contributed by atoms with van der Waals surface area (Å²) in [5.74, 6) is -0.670. The monoisotopic (exact) mass is 369 g/mol. The minimum atomic E-state index is -4.50. The Balaban J connectivity index is 1.61. The summed E-state index contributed by atoms with van der Waals surface area (Å²) in [6.07, 6.45) is -3.40. The molecule has 0 atom stereocenters. The second kappa shape index (κ2) is 6.43. The highest BCUT2D eigenvalue weighted by molar-refractivity contribution is 5.89. The van der Waals surface area contributed by atoms with Gasteiger partial charge in [0.1, 0.15) is 11.8 Å². The zero-order chi connectivity index (χ0) is 19.1. The Bertz CT molecular complexity index is 839. The first-order valence-corrected chi connectivity index (χ1v) is 7.73. The summed E-state index contributed by atoms with van der Waals surface area (Å²) in [5, 5.41) is 14.4. The maximum atomic E-state index is 13.1. The second-order valence-corrected chi connectivity index (χ2v) is 6.08. The summed E-state index contributed by atoms with van der Waals surface area (Å²) in [5.41, 5.74) is -0.754. The van der Waals surface area contributed by atoms with Gasteiger partial charge in [-0.3, -0.25) is 14.8 Å². The summed E-state index contributed by atoms with van der Waals surface area (Å²) in [7, 11) is 0. The van der Waals surface area contributed by atoms with Crippen molar-refractivity contribution < 1.29 is 27.6 Å². The number of non-ortho nitro benzene ring substituents is 1. The molecule has 138 valence electrons. The van der Waals surface area contributed by atoms with E-state index < -0.39 is 34.9 Å². The molecule has 1 aromatic carbocycles. The van der Waals surface area contributed by atoms with Gasteiger partial charge in [0.2, 0.25) is 0 Å². The van der Waals surface area contributed by atoms with Crippen molar-refractivity contribution in [3.8, 4) is 0 Å². The molecule has 1 aromatic heterocycles. The number of nitrogens with zero attached hydrogens (tertiary/aromatic N) is 3. The molecule has 1 aliphatic rings. The first-order valence-electron chi connectivity index (χ1n) is 7.73. The molecule has 1 heterocycles. The Morgan fingerprint density at radius 2 is 1.92 bits per heavy atom. The molecule has 1 saturated carbocycles. The molecule has 10 heteroatoms. The summed E-state index contributed by atoms with van der Waals surface area (Å²) in [6.45, 7) is 1.34. The van der Waals surface area contributed by atoms with Gasteiger partial charge in [0.15, 0.2) is 0 Å². The number of aryl methyl sites for hydroxylation is 1. The van der Waals surface area contributed by atoms with Crippen LogP contribution in [0.5, 0.6) is 0 Å². The number of ether oxygens (including phenoxy) is 1. The number of aromatic nitrogens is 2. The van der Waals surface area contributed by atoms with E-state index in [1.165, 1.54) is 37.4 Å². The summed E-state index contributed by atoms with van der Waals surface area (Å²) >= 11 is 0. The van der Waals surface area contributed by atoms with Crippen LogP contribution in [-0.4, -0.2) is 26.8 Å². The molecule has 26 heavy (non-hydrogen) atoms. The highest BCUT2D eigenvalue weighted by Crippen LogP contribution is 2.40. The first-order chi connectivity index (χ1) is 12.2. The molecule has 0 saturated heterocycles. The van der Waals surface area contributed by atoms with Gasteiger partial charge in [-0.25, -0.2) is 4.79 Å². The summed E-state index contributed by atoms with van der Waals surface area (Å²) < 4.78 is 45.4. The van der Waals surface area contributed by atoms with Gasteiger partial charge in [0, 0.05) is 25.0 Å². The zero-order valence-electron chi connectivity index (χ0n) is 13.6. The lowest BCUT2D eigenvalue weighted by Gasteiger charge is -2.35. The number of carbonyl (C=O) groups excluding carboxylic acids is 1. The third-order valence-electron chi connectivity index (χ3n) is 4.25. The van der Waals surface area contributed by atoms with E-state index in [0.717, 1.165) is 4.68 Å². The fourth-order valence-electron chi connectivity index (χ4n) is 2.85. The van der Waals surface area contributed by atoms with E-state index in [1.54, 1.807) is 0 Å². The fraction of sp³-hybridized carbons (Fsp3) is 0.375. The molecule has 0 aliphatic heterocycles. The van der Waals surface area contributed by atoms with Crippen molar-refractivity contribution in [2.45, 2.75) is 38.1 Å². The van der Waals surface area contributed by atoms with Crippen LogP contribution in [0.15, 0.2) is 30.5 Å². The molecular weight excluding hydrogens is 355 g/mol. The second-order valence-electron chi connectivity index (χ2n) is 6.08. The van der Waals surface area contributed by atoms with Crippen LogP contribution < -0.4 is 0 Å². The minimum Gasteiger partial charge on any atom is -0.459 e. The van der Waals surface area contributed by atoms with E-state index >= 15 is 0 Å². The van der Waals surface area contributed by atoms with Gasteiger partial charge in [-0.05, 0) is 24.6 Å². The smallest absolute Gasteiger partial charge is 0.433 e. The SMILES string of the molecule is Cc1cnn(C2CC(OC(=O)c3ccc([N+](=O)[O-])cc3)C2)c1C(F)(F)F. The largest absolute Gasteiger partial charge is 0.459 e. The Kier molecular flexibility index (Phi) is 4.43. The Morgan fingerprint density at radius 1 is 1.31 bits per heavy atom. The van der Waals surface area contributed by atoms with Crippen LogP contribution in [0.1, 0.15) is 40.5 Å². The lowest BCUT2D eigenvalue weighted by atomic mass is 9.89. The van der Waals surface area contributed by atoms with Crippen LogP contribution >= 0.6 is 0 Å². The predicted octanol–water partition coefficient (Wildman–Crippen LogP) is 3.68. The highest BCUT2D eigenvalue weighted by Gasteiger charge is 2.42. The number of alkyl halides is 3. The van der Waals surface area contributed by atoms with Crippen molar-refractivity contribution in [3.05, 3.63) is 57.4 Å². The van der Waals surface area contributed by atoms with E-state index in [4.69, 9.17) is 4.74 Å². The van der Waals surface area contributed by atoms with Crippen LogP contribution in [0.4, 0.5) is 18.9 Å². The van der Waals surface area contributed by atoms with E-state index in [0.29, 0.717) is 0 Å². The zero-order valence-corrected chi connectivity index (χ0v) is 13.6. The van der Waals surface area contributed by atoms with Gasteiger partial charge < -0.3 is 4.74 Å². The average molecular weight is 369 g/mol. The molecule has 0 N–H and O–H groups in total. The number of hydrogen-bond acceptors (Lipinski definition) is 5. The molecule has 1 fully saturated rings. The van der Waals surface area contributed by atoms with Gasteiger partial charge in [0.25, 0.3) is 5.69 Å². The van der Waals surface area contributed by atoms with Crippen LogP contribution in [-0.2, 0) is 10.9 Å². The topological polar surface area (TPSA) is 87.3 Å². The highest BCUT2D eigenvalue weighted by atomic mass is 19.4. The lowest BCUT2D eigenvalue weighted by molar-refractivity contribution is -0.384. The average Bonchev–Trinajstić information content (AvgIpc) is 2.91. The molecule has 2 aromatic rings. The van der Waals surface area contributed by atoms with Crippen molar-refractivity contribution in [2.24, 2.45) is 0 Å². The quantitative estimate of drug-likeness (QED) is 0.466. The molecule has 0 radical (unpaired) electrons. The molecule has 3 rings (SSSR count). The van der Waals surface area contributed by atoms with Crippen molar-refractivity contribution in [1.82, 2.24) is 9.78 Å². The van der Waals surface area contributed by atoms with Crippen molar-refractivity contribution in [3.63, 3.8) is 0 Å². The molecule has 0 bridgehead atoms. The molecule has 1 aliphatic carbocycles. The maximum absolute atomic E-state index is 13.1. The molecular formula is C16H14F3N3O4. The number of halogens is 3. The minimum absolute atomic E-state index is 0.0452. The third kappa shape index (κ3) is 3.39. The number of hydrogen-bond donors (Lipinski definition) is 0. The van der Waals surface area contributed by atoms with Crippen molar-refractivity contribution in [2.75, 3.05) is 0 Å². The Labute approximate surface area is 145 Å². The number of benzene rings is 1. The van der Waals surface area contributed by atoms with Gasteiger partial charge >= 0.3 is 12.1 Å². The Morgan fingerprint density at radius 3 is 2.46 bits per heavy atom. The summed E-state index contributed by atoms with van der Waals surface area (Å²) in [6, 6.07) is 4.42. The summed E-state index contributed by atoms with van der Waals surface area (Å²) in [4.78, 5) is 22.0. The number of nitro groups is 1. The van der Waals surface area contributed by atoms with Crippen molar-refractivity contribution >= 4 is 11.7 Å². The Hall–Kier alpha value is -2.91. The molecule has 7 nitrogen and oxygen atoms in total. The normalized spacial score (nSPS) is 19.7. The van der Waals surface area contributed by atoms with E-state index in [9.17, 15) is 28.1 Å². The van der Waals surface area contributed by atoms with E-state index in [-0.39, 0.29) is 29.7 Å². The van der Waals surface area contributed by atoms with Crippen LogP contribution in [0, 0.1) is 17.0 Å². The number of carbonyl (C=O) groups is 1. The number of esters is 1. The van der Waals surface area contributed by atoms with Crippen LogP contribution in [0.3, 0.4) is 0 Å². The number of rotatable bonds is 4. The first kappa shape index (κ1) is 17.9. The van der Waals surface area contributed by atoms with E-state index in [2.05, 4.69) is 5.10 Å². The van der Waals surface area contributed by atoms with Gasteiger partial charge in [-0.15, -0.1) is 0 Å². The number of nitro benzene ring substituents is 1. The van der Waals surface area contributed by atoms with E-state index in [1.807, 2.05) is 0 Å². The van der Waals surface area contributed by atoms with Gasteiger partial charge in [0.05, 0.1) is 22.7 Å². The van der Waals surface area contributed by atoms with Crippen LogP contribution in [0.25, 0.3) is 0 Å². The van der Waals surface area contributed by atoms with Gasteiger partial charge in [-0.2, -0.15) is 18.3 Å².